The number of rotatable bonds is 8. The van der Waals surface area contributed by atoms with Crippen molar-refractivity contribution in [3.8, 4) is 0 Å². The number of hydrogen-bond donors (Lipinski definition) is 1. The van der Waals surface area contributed by atoms with Crippen molar-refractivity contribution in [2.75, 3.05) is 32.8 Å². The van der Waals surface area contributed by atoms with E-state index in [0.29, 0.717) is 31.9 Å². The van der Waals surface area contributed by atoms with Gasteiger partial charge in [0, 0.05) is 25.7 Å². The van der Waals surface area contributed by atoms with Gasteiger partial charge in [-0.2, -0.15) is 0 Å². The van der Waals surface area contributed by atoms with Crippen molar-refractivity contribution >= 4 is 0 Å². The van der Waals surface area contributed by atoms with Gasteiger partial charge < -0.3 is 10.5 Å². The Morgan fingerprint density at radius 2 is 2.00 bits per heavy atom. The van der Waals surface area contributed by atoms with E-state index in [-0.39, 0.29) is 6.04 Å². The molecule has 0 spiro atoms. The van der Waals surface area contributed by atoms with E-state index in [2.05, 4.69) is 4.90 Å². The maximum Gasteiger partial charge on any atom is 0.159 e. The van der Waals surface area contributed by atoms with Crippen molar-refractivity contribution in [3.63, 3.8) is 0 Å². The Labute approximate surface area is 113 Å². The minimum Gasteiger partial charge on any atom is -0.380 e. The fourth-order valence-corrected chi connectivity index (χ4v) is 2.08. The largest absolute Gasteiger partial charge is 0.380 e. The standard InChI is InChI=1S/C14H22F2N2O/c1-3-18(7-8-19-4-2)14(10-17)11-5-6-12(15)13(16)9-11/h5-6,9,14H,3-4,7-8,10,17H2,1-2H3. The van der Waals surface area contributed by atoms with Gasteiger partial charge in [0.15, 0.2) is 11.6 Å². The lowest BCUT2D eigenvalue weighted by Gasteiger charge is -2.30. The molecule has 2 N–H and O–H groups in total. The molecule has 0 aliphatic rings. The van der Waals surface area contributed by atoms with Gasteiger partial charge in [-0.25, -0.2) is 8.78 Å². The second kappa shape index (κ2) is 8.19. The smallest absolute Gasteiger partial charge is 0.159 e. The Hall–Kier alpha value is -1.04. The quantitative estimate of drug-likeness (QED) is 0.738. The first-order valence-corrected chi connectivity index (χ1v) is 6.60. The second-order valence-corrected chi connectivity index (χ2v) is 4.25. The molecule has 0 saturated carbocycles. The van der Waals surface area contributed by atoms with Gasteiger partial charge in [0.1, 0.15) is 0 Å². The van der Waals surface area contributed by atoms with E-state index in [1.165, 1.54) is 6.07 Å². The van der Waals surface area contributed by atoms with Crippen LogP contribution in [0.3, 0.4) is 0 Å². The van der Waals surface area contributed by atoms with Crippen LogP contribution in [0.15, 0.2) is 18.2 Å². The number of ether oxygens (including phenoxy) is 1. The first-order valence-electron chi connectivity index (χ1n) is 6.60. The molecule has 0 aromatic heterocycles. The van der Waals surface area contributed by atoms with E-state index >= 15 is 0 Å². The normalized spacial score (nSPS) is 12.9. The maximum atomic E-state index is 13.3. The summed E-state index contributed by atoms with van der Waals surface area (Å²) in [5.41, 5.74) is 6.47. The Morgan fingerprint density at radius 3 is 2.53 bits per heavy atom. The van der Waals surface area contributed by atoms with Crippen LogP contribution in [0.4, 0.5) is 8.78 Å². The summed E-state index contributed by atoms with van der Waals surface area (Å²) in [6, 6.07) is 3.82. The molecule has 0 amide bonds. The van der Waals surface area contributed by atoms with Gasteiger partial charge in [-0.15, -0.1) is 0 Å². The van der Waals surface area contributed by atoms with Crippen molar-refractivity contribution in [1.29, 1.82) is 0 Å². The molecular weight excluding hydrogens is 250 g/mol. The maximum absolute atomic E-state index is 13.3. The summed E-state index contributed by atoms with van der Waals surface area (Å²) in [6.45, 7) is 7.05. The topological polar surface area (TPSA) is 38.5 Å². The van der Waals surface area contributed by atoms with Crippen molar-refractivity contribution in [3.05, 3.63) is 35.4 Å². The third kappa shape index (κ3) is 4.53. The van der Waals surface area contributed by atoms with Crippen molar-refractivity contribution < 1.29 is 13.5 Å². The van der Waals surface area contributed by atoms with Gasteiger partial charge >= 0.3 is 0 Å². The monoisotopic (exact) mass is 272 g/mol. The Bertz CT molecular complexity index is 388. The summed E-state index contributed by atoms with van der Waals surface area (Å²) >= 11 is 0. The van der Waals surface area contributed by atoms with Crippen LogP contribution in [-0.4, -0.2) is 37.7 Å². The molecule has 108 valence electrons. The van der Waals surface area contributed by atoms with Gasteiger partial charge in [0.25, 0.3) is 0 Å². The van der Waals surface area contributed by atoms with Crippen LogP contribution in [0, 0.1) is 11.6 Å². The highest BCUT2D eigenvalue weighted by molar-refractivity contribution is 5.21. The number of benzene rings is 1. The van der Waals surface area contributed by atoms with Crippen molar-refractivity contribution in [1.82, 2.24) is 4.90 Å². The molecular formula is C14H22F2N2O. The third-order valence-corrected chi connectivity index (χ3v) is 3.13. The van der Waals surface area contributed by atoms with Gasteiger partial charge in [0.2, 0.25) is 0 Å². The Balaban J connectivity index is 2.80. The zero-order chi connectivity index (χ0) is 14.3. The zero-order valence-electron chi connectivity index (χ0n) is 11.5. The van der Waals surface area contributed by atoms with E-state index in [1.54, 1.807) is 6.07 Å². The summed E-state index contributed by atoms with van der Waals surface area (Å²) in [5.74, 6) is -1.67. The molecule has 3 nitrogen and oxygen atoms in total. The fraction of sp³-hybridized carbons (Fsp3) is 0.571. The summed E-state index contributed by atoms with van der Waals surface area (Å²) in [7, 11) is 0. The average molecular weight is 272 g/mol. The molecule has 0 aliphatic carbocycles. The highest BCUT2D eigenvalue weighted by Crippen LogP contribution is 2.21. The van der Waals surface area contributed by atoms with Crippen LogP contribution in [0.1, 0.15) is 25.5 Å². The molecule has 1 aromatic carbocycles. The summed E-state index contributed by atoms with van der Waals surface area (Å²) in [5, 5.41) is 0. The number of nitrogens with two attached hydrogens (primary N) is 1. The molecule has 0 aliphatic heterocycles. The SMILES string of the molecule is CCOCCN(CC)C(CN)c1ccc(F)c(F)c1. The van der Waals surface area contributed by atoms with Crippen LogP contribution in [0.5, 0.6) is 0 Å². The molecule has 0 bridgehead atoms. The third-order valence-electron chi connectivity index (χ3n) is 3.13. The highest BCUT2D eigenvalue weighted by Gasteiger charge is 2.18. The minimum atomic E-state index is -0.836. The van der Waals surface area contributed by atoms with Gasteiger partial charge in [-0.3, -0.25) is 4.90 Å². The first-order chi connectivity index (χ1) is 9.13. The van der Waals surface area contributed by atoms with E-state index in [4.69, 9.17) is 10.5 Å². The molecule has 0 heterocycles. The molecule has 1 rings (SSSR count). The molecule has 1 aromatic rings. The minimum absolute atomic E-state index is 0.124. The Morgan fingerprint density at radius 1 is 1.26 bits per heavy atom. The summed E-state index contributed by atoms with van der Waals surface area (Å²) < 4.78 is 31.6. The van der Waals surface area contributed by atoms with Crippen LogP contribution in [0.2, 0.25) is 0 Å². The first kappa shape index (κ1) is 16.0. The highest BCUT2D eigenvalue weighted by atomic mass is 19.2. The molecule has 0 radical (unpaired) electrons. The van der Waals surface area contributed by atoms with Crippen molar-refractivity contribution in [2.24, 2.45) is 5.73 Å². The lowest BCUT2D eigenvalue weighted by Crippen LogP contribution is -2.36. The molecule has 5 heteroatoms. The molecule has 19 heavy (non-hydrogen) atoms. The van der Waals surface area contributed by atoms with E-state index in [1.807, 2.05) is 13.8 Å². The van der Waals surface area contributed by atoms with Crippen LogP contribution >= 0.6 is 0 Å². The Kier molecular flexibility index (Phi) is 6.91. The van der Waals surface area contributed by atoms with Crippen LogP contribution < -0.4 is 5.73 Å². The average Bonchev–Trinajstić information content (AvgIpc) is 2.41. The number of likely N-dealkylation sites (N-methyl/N-ethyl adjacent to an activating group) is 1. The van der Waals surface area contributed by atoms with Crippen LogP contribution in [0.25, 0.3) is 0 Å². The van der Waals surface area contributed by atoms with E-state index in [0.717, 1.165) is 12.6 Å². The second-order valence-electron chi connectivity index (χ2n) is 4.25. The van der Waals surface area contributed by atoms with E-state index < -0.39 is 11.6 Å². The zero-order valence-corrected chi connectivity index (χ0v) is 11.5. The number of halogens is 2. The van der Waals surface area contributed by atoms with Gasteiger partial charge in [-0.05, 0) is 31.2 Å². The lowest BCUT2D eigenvalue weighted by atomic mass is 10.0. The fourth-order valence-electron chi connectivity index (χ4n) is 2.08. The lowest BCUT2D eigenvalue weighted by molar-refractivity contribution is 0.0979. The van der Waals surface area contributed by atoms with Gasteiger partial charge in [-0.1, -0.05) is 13.0 Å². The molecule has 0 fully saturated rings. The predicted octanol–water partition coefficient (Wildman–Crippen LogP) is 2.32. The predicted molar refractivity (Wildman–Crippen MR) is 71.9 cm³/mol. The summed E-state index contributed by atoms with van der Waals surface area (Å²) in [6.07, 6.45) is 0. The molecule has 1 atom stereocenters. The summed E-state index contributed by atoms with van der Waals surface area (Å²) in [4.78, 5) is 2.10. The van der Waals surface area contributed by atoms with Crippen LogP contribution in [-0.2, 0) is 4.74 Å². The van der Waals surface area contributed by atoms with E-state index in [9.17, 15) is 8.78 Å². The van der Waals surface area contributed by atoms with Gasteiger partial charge in [0.05, 0.1) is 6.61 Å². The number of hydrogen-bond acceptors (Lipinski definition) is 3. The van der Waals surface area contributed by atoms with Crippen molar-refractivity contribution in [2.45, 2.75) is 19.9 Å². The molecule has 1 unspecified atom stereocenters. The number of nitrogens with zero attached hydrogens (tertiary/aromatic N) is 1. The molecule has 0 saturated heterocycles.